The third-order valence-electron chi connectivity index (χ3n) is 3.08. The second kappa shape index (κ2) is 5.57. The maximum atomic E-state index is 12.7. The summed E-state index contributed by atoms with van der Waals surface area (Å²) >= 11 is 0. The Bertz CT molecular complexity index is 487. The van der Waals surface area contributed by atoms with E-state index in [4.69, 9.17) is 0 Å². The Morgan fingerprint density at radius 1 is 1.00 bits per heavy atom. The molecule has 0 N–H and O–H groups in total. The number of aryl methyl sites for hydroxylation is 1. The highest BCUT2D eigenvalue weighted by Gasteiger charge is 2.73. The lowest BCUT2D eigenvalue weighted by molar-refractivity contribution is -0.323. The van der Waals surface area contributed by atoms with E-state index in [1.807, 2.05) is 6.92 Å². The number of carbonyl (C=O) groups excluding carboxylic acids is 1. The largest absolute Gasteiger partial charge is 0.426 e. The van der Waals surface area contributed by atoms with Crippen molar-refractivity contribution in [2.24, 2.45) is 5.41 Å². The standard InChI is InChI=1S/C13H12F6O2/c1-3-8-4-6-9(7-5-8)21-10(20)11(2,12(14,15)16)13(17,18)19/h4-7H,3H2,1-2H3. The van der Waals surface area contributed by atoms with Crippen molar-refractivity contribution in [1.82, 2.24) is 0 Å². The van der Waals surface area contributed by atoms with Gasteiger partial charge in [0.2, 0.25) is 0 Å². The van der Waals surface area contributed by atoms with Crippen LogP contribution in [-0.2, 0) is 11.2 Å². The van der Waals surface area contributed by atoms with Gasteiger partial charge in [0, 0.05) is 0 Å². The summed E-state index contributed by atoms with van der Waals surface area (Å²) in [5.41, 5.74) is -3.78. The fraction of sp³-hybridized carbons (Fsp3) is 0.462. The summed E-state index contributed by atoms with van der Waals surface area (Å²) in [6.07, 6.45) is -11.0. The second-order valence-electron chi connectivity index (χ2n) is 4.51. The van der Waals surface area contributed by atoms with E-state index in [9.17, 15) is 31.1 Å². The van der Waals surface area contributed by atoms with Gasteiger partial charge in [0.05, 0.1) is 0 Å². The Labute approximate surface area is 116 Å². The van der Waals surface area contributed by atoms with E-state index >= 15 is 0 Å². The number of halogens is 6. The van der Waals surface area contributed by atoms with Crippen LogP contribution in [0.5, 0.6) is 5.75 Å². The normalized spacial score (nSPS) is 13.1. The van der Waals surface area contributed by atoms with E-state index in [1.165, 1.54) is 12.1 Å². The van der Waals surface area contributed by atoms with E-state index in [2.05, 4.69) is 4.74 Å². The highest BCUT2D eigenvalue weighted by molar-refractivity contribution is 5.80. The molecule has 0 aliphatic rings. The molecule has 0 saturated carbocycles. The molecule has 0 aliphatic heterocycles. The maximum absolute atomic E-state index is 12.7. The molecular weight excluding hydrogens is 302 g/mol. The predicted molar refractivity (Wildman–Crippen MR) is 61.7 cm³/mol. The quantitative estimate of drug-likeness (QED) is 0.473. The summed E-state index contributed by atoms with van der Waals surface area (Å²) in [6.45, 7) is 1.57. The third kappa shape index (κ3) is 3.30. The van der Waals surface area contributed by atoms with Gasteiger partial charge < -0.3 is 4.74 Å². The third-order valence-corrected chi connectivity index (χ3v) is 3.08. The minimum absolute atomic E-state index is 0.240. The Hall–Kier alpha value is -1.73. The molecule has 0 aliphatic carbocycles. The predicted octanol–water partition coefficient (Wildman–Crippen LogP) is 4.29. The van der Waals surface area contributed by atoms with Crippen LogP contribution in [0.25, 0.3) is 0 Å². The Morgan fingerprint density at radius 3 is 1.76 bits per heavy atom. The fourth-order valence-corrected chi connectivity index (χ4v) is 1.39. The number of rotatable bonds is 3. The lowest BCUT2D eigenvalue weighted by Gasteiger charge is -2.31. The number of hydrogen-bond acceptors (Lipinski definition) is 2. The molecule has 21 heavy (non-hydrogen) atoms. The average Bonchev–Trinajstić information content (AvgIpc) is 2.35. The second-order valence-corrected chi connectivity index (χ2v) is 4.51. The molecule has 118 valence electrons. The molecule has 0 spiro atoms. The minimum atomic E-state index is -5.81. The Kier molecular flexibility index (Phi) is 4.60. The molecule has 0 radical (unpaired) electrons. The first kappa shape index (κ1) is 17.3. The van der Waals surface area contributed by atoms with Gasteiger partial charge in [0.15, 0.2) is 0 Å². The molecule has 0 atom stereocenters. The van der Waals surface area contributed by atoms with E-state index in [1.54, 1.807) is 0 Å². The molecule has 2 nitrogen and oxygen atoms in total. The SMILES string of the molecule is CCc1ccc(OC(=O)C(C)(C(F)(F)F)C(F)(F)F)cc1. The topological polar surface area (TPSA) is 26.3 Å². The number of esters is 1. The lowest BCUT2D eigenvalue weighted by Crippen LogP contribution is -2.55. The molecule has 0 heterocycles. The first-order chi connectivity index (χ1) is 9.43. The summed E-state index contributed by atoms with van der Waals surface area (Å²) < 4.78 is 80.2. The molecule has 8 heteroatoms. The smallest absolute Gasteiger partial charge is 0.413 e. The molecule has 1 aromatic carbocycles. The molecule has 0 bridgehead atoms. The Balaban J connectivity index is 3.08. The molecule has 1 aromatic rings. The van der Waals surface area contributed by atoms with Gasteiger partial charge in [-0.3, -0.25) is 4.79 Å². The first-order valence-corrected chi connectivity index (χ1v) is 5.88. The van der Waals surface area contributed by atoms with E-state index in [-0.39, 0.29) is 12.7 Å². The van der Waals surface area contributed by atoms with Crippen LogP contribution in [0.4, 0.5) is 26.3 Å². The van der Waals surface area contributed by atoms with Gasteiger partial charge >= 0.3 is 18.3 Å². The van der Waals surface area contributed by atoms with Crippen molar-refractivity contribution in [2.45, 2.75) is 32.6 Å². The highest BCUT2D eigenvalue weighted by Crippen LogP contribution is 2.50. The van der Waals surface area contributed by atoms with E-state index in [0.29, 0.717) is 6.42 Å². The van der Waals surface area contributed by atoms with Crippen LogP contribution in [0.2, 0.25) is 0 Å². The van der Waals surface area contributed by atoms with Crippen molar-refractivity contribution >= 4 is 5.97 Å². The molecule has 0 saturated heterocycles. The van der Waals surface area contributed by atoms with Crippen LogP contribution < -0.4 is 4.74 Å². The van der Waals surface area contributed by atoms with Gasteiger partial charge in [0.25, 0.3) is 5.41 Å². The van der Waals surface area contributed by atoms with Crippen LogP contribution in [0.1, 0.15) is 19.4 Å². The molecule has 0 aromatic heterocycles. The maximum Gasteiger partial charge on any atom is 0.413 e. The van der Waals surface area contributed by atoms with Crippen molar-refractivity contribution in [3.8, 4) is 5.75 Å². The number of hydrogen-bond donors (Lipinski definition) is 0. The summed E-state index contributed by atoms with van der Waals surface area (Å²) in [5, 5.41) is 0. The van der Waals surface area contributed by atoms with Gasteiger partial charge in [-0.15, -0.1) is 0 Å². The highest BCUT2D eigenvalue weighted by atomic mass is 19.4. The molecule has 0 unspecified atom stereocenters. The lowest BCUT2D eigenvalue weighted by atomic mass is 9.89. The summed E-state index contributed by atoms with van der Waals surface area (Å²) in [4.78, 5) is 11.4. The van der Waals surface area contributed by atoms with Crippen molar-refractivity contribution in [2.75, 3.05) is 0 Å². The molecule has 0 amide bonds. The molecule has 1 rings (SSSR count). The van der Waals surface area contributed by atoms with Crippen LogP contribution in [0, 0.1) is 5.41 Å². The minimum Gasteiger partial charge on any atom is -0.426 e. The van der Waals surface area contributed by atoms with Gasteiger partial charge in [-0.05, 0) is 31.0 Å². The van der Waals surface area contributed by atoms with Crippen molar-refractivity contribution in [1.29, 1.82) is 0 Å². The summed E-state index contributed by atoms with van der Waals surface area (Å²) in [6, 6.07) is 5.18. The summed E-state index contributed by atoms with van der Waals surface area (Å²) in [5.74, 6) is -2.79. The van der Waals surface area contributed by atoms with Gasteiger partial charge in [0.1, 0.15) is 5.75 Å². The van der Waals surface area contributed by atoms with Gasteiger partial charge in [-0.2, -0.15) is 26.3 Å². The number of carbonyl (C=O) groups is 1. The van der Waals surface area contributed by atoms with E-state index < -0.39 is 23.7 Å². The van der Waals surface area contributed by atoms with Crippen LogP contribution in [-0.4, -0.2) is 18.3 Å². The van der Waals surface area contributed by atoms with Crippen LogP contribution in [0.15, 0.2) is 24.3 Å². The average molecular weight is 314 g/mol. The molecular formula is C13H12F6O2. The van der Waals surface area contributed by atoms with E-state index in [0.717, 1.165) is 17.7 Å². The zero-order chi connectivity index (χ0) is 16.5. The first-order valence-electron chi connectivity index (χ1n) is 5.88. The van der Waals surface area contributed by atoms with Crippen molar-refractivity contribution < 1.29 is 35.9 Å². The fourth-order valence-electron chi connectivity index (χ4n) is 1.39. The monoisotopic (exact) mass is 314 g/mol. The molecule has 0 fully saturated rings. The zero-order valence-corrected chi connectivity index (χ0v) is 11.1. The zero-order valence-electron chi connectivity index (χ0n) is 11.1. The van der Waals surface area contributed by atoms with Gasteiger partial charge in [-0.1, -0.05) is 19.1 Å². The van der Waals surface area contributed by atoms with Crippen LogP contribution in [0.3, 0.4) is 0 Å². The van der Waals surface area contributed by atoms with Crippen LogP contribution >= 0.6 is 0 Å². The number of ether oxygens (including phenoxy) is 1. The van der Waals surface area contributed by atoms with Crippen molar-refractivity contribution in [3.05, 3.63) is 29.8 Å². The summed E-state index contributed by atoms with van der Waals surface area (Å²) in [7, 11) is 0. The number of alkyl halides is 6. The Morgan fingerprint density at radius 2 is 1.43 bits per heavy atom. The van der Waals surface area contributed by atoms with Crippen molar-refractivity contribution in [3.63, 3.8) is 0 Å². The number of benzene rings is 1. The van der Waals surface area contributed by atoms with Gasteiger partial charge in [-0.25, -0.2) is 0 Å².